The van der Waals surface area contributed by atoms with Gasteiger partial charge in [-0.05, 0) is 18.4 Å². The normalized spacial score (nSPS) is 19.6. The number of amides is 2. The minimum atomic E-state index is -0.272. The smallest absolute Gasteiger partial charge is 0.410 e. The molecule has 1 heterocycles. The maximum absolute atomic E-state index is 11.9. The van der Waals surface area contributed by atoms with Gasteiger partial charge in [-0.25, -0.2) is 4.79 Å². The van der Waals surface area contributed by atoms with Crippen LogP contribution in [0.1, 0.15) is 18.4 Å². The number of benzene rings is 1. The van der Waals surface area contributed by atoms with E-state index in [9.17, 15) is 9.59 Å². The summed E-state index contributed by atoms with van der Waals surface area (Å²) in [6.45, 7) is 1.68. The predicted molar refractivity (Wildman–Crippen MR) is 80.5 cm³/mol. The average molecular weight is 306 g/mol. The Bertz CT molecular complexity index is 535. The summed E-state index contributed by atoms with van der Waals surface area (Å²) in [5.74, 6) is 0.0269. The maximum Gasteiger partial charge on any atom is 0.410 e. The summed E-state index contributed by atoms with van der Waals surface area (Å²) in [4.78, 5) is 25.0. The van der Waals surface area contributed by atoms with E-state index < -0.39 is 0 Å². The standard InChI is InChI=1S/C15H18N2O3S/c18-13(16-21)12-6-15(7-12)9-17(10-15)14(19)20-8-11-4-2-1-3-5-11/h1-5,12,21H,6-10H2,(H,16,18). The number of carbonyl (C=O) groups is 2. The number of hydrogen-bond acceptors (Lipinski definition) is 4. The molecule has 0 bridgehead atoms. The van der Waals surface area contributed by atoms with Gasteiger partial charge in [-0.2, -0.15) is 0 Å². The van der Waals surface area contributed by atoms with Crippen LogP contribution in [-0.2, 0) is 16.1 Å². The molecule has 0 aromatic heterocycles. The van der Waals surface area contributed by atoms with E-state index in [1.807, 2.05) is 30.3 Å². The van der Waals surface area contributed by atoms with Gasteiger partial charge >= 0.3 is 6.09 Å². The first-order valence-electron chi connectivity index (χ1n) is 7.01. The van der Waals surface area contributed by atoms with E-state index in [4.69, 9.17) is 4.74 Å². The van der Waals surface area contributed by atoms with Gasteiger partial charge in [-0.3, -0.25) is 4.79 Å². The molecule has 6 heteroatoms. The second kappa shape index (κ2) is 5.60. The first-order valence-corrected chi connectivity index (χ1v) is 7.46. The van der Waals surface area contributed by atoms with Crippen LogP contribution >= 0.6 is 12.8 Å². The lowest BCUT2D eigenvalue weighted by Gasteiger charge is -2.57. The molecule has 2 aliphatic rings. The second-order valence-corrected chi connectivity index (χ2v) is 6.20. The quantitative estimate of drug-likeness (QED) is 0.840. The molecule has 112 valence electrons. The van der Waals surface area contributed by atoms with Crippen molar-refractivity contribution >= 4 is 24.8 Å². The highest BCUT2D eigenvalue weighted by atomic mass is 32.1. The van der Waals surface area contributed by atoms with Gasteiger partial charge in [0.25, 0.3) is 0 Å². The van der Waals surface area contributed by atoms with Crippen LogP contribution in [0.15, 0.2) is 30.3 Å². The van der Waals surface area contributed by atoms with Crippen LogP contribution < -0.4 is 4.72 Å². The topological polar surface area (TPSA) is 58.6 Å². The molecule has 0 atom stereocenters. The molecule has 0 unspecified atom stereocenters. The zero-order valence-electron chi connectivity index (χ0n) is 11.6. The molecular formula is C15H18N2O3S. The number of ether oxygens (including phenoxy) is 1. The van der Waals surface area contributed by atoms with E-state index >= 15 is 0 Å². The molecule has 1 spiro atoms. The van der Waals surface area contributed by atoms with E-state index in [1.54, 1.807) is 4.90 Å². The first-order chi connectivity index (χ1) is 10.1. The van der Waals surface area contributed by atoms with Crippen LogP contribution in [0.5, 0.6) is 0 Å². The molecule has 1 aromatic carbocycles. The molecule has 1 aliphatic carbocycles. The van der Waals surface area contributed by atoms with Crippen molar-refractivity contribution in [1.29, 1.82) is 0 Å². The van der Waals surface area contributed by atoms with Crippen molar-refractivity contribution in [1.82, 2.24) is 9.62 Å². The molecule has 1 saturated carbocycles. The Balaban J connectivity index is 1.41. The Morgan fingerprint density at radius 3 is 2.57 bits per heavy atom. The molecule has 2 amide bonds. The average Bonchev–Trinajstić information content (AvgIpc) is 2.43. The highest BCUT2D eigenvalue weighted by Gasteiger charge is 2.55. The van der Waals surface area contributed by atoms with Gasteiger partial charge in [0.15, 0.2) is 0 Å². The number of nitrogens with one attached hydrogen (secondary N) is 1. The van der Waals surface area contributed by atoms with E-state index in [-0.39, 0.29) is 23.3 Å². The summed E-state index contributed by atoms with van der Waals surface area (Å²) in [6, 6.07) is 9.62. The molecule has 1 aromatic rings. The van der Waals surface area contributed by atoms with E-state index in [2.05, 4.69) is 17.5 Å². The first kappa shape index (κ1) is 14.3. The van der Waals surface area contributed by atoms with Crippen LogP contribution in [0.25, 0.3) is 0 Å². The molecule has 1 saturated heterocycles. The minimum absolute atomic E-state index is 0.0194. The number of nitrogens with zero attached hydrogens (tertiary/aromatic N) is 1. The van der Waals surface area contributed by atoms with Gasteiger partial charge in [0.2, 0.25) is 5.91 Å². The Morgan fingerprint density at radius 2 is 1.95 bits per heavy atom. The monoisotopic (exact) mass is 306 g/mol. The van der Waals surface area contributed by atoms with Crippen molar-refractivity contribution in [3.63, 3.8) is 0 Å². The predicted octanol–water partition coefficient (Wildman–Crippen LogP) is 2.00. The fraction of sp³-hybridized carbons (Fsp3) is 0.467. The van der Waals surface area contributed by atoms with Crippen LogP contribution in [0.4, 0.5) is 4.79 Å². The number of rotatable bonds is 3. The highest BCUT2D eigenvalue weighted by Crippen LogP contribution is 2.52. The maximum atomic E-state index is 11.9. The number of likely N-dealkylation sites (tertiary alicyclic amines) is 1. The Labute approximate surface area is 129 Å². The van der Waals surface area contributed by atoms with Crippen molar-refractivity contribution in [2.75, 3.05) is 13.1 Å². The van der Waals surface area contributed by atoms with Crippen LogP contribution in [-0.4, -0.2) is 30.0 Å². The third-order valence-electron chi connectivity index (χ3n) is 4.36. The van der Waals surface area contributed by atoms with Crippen molar-refractivity contribution in [3.05, 3.63) is 35.9 Å². The van der Waals surface area contributed by atoms with Crippen molar-refractivity contribution in [3.8, 4) is 0 Å². The van der Waals surface area contributed by atoms with Gasteiger partial charge in [-0.1, -0.05) is 43.1 Å². The summed E-state index contributed by atoms with van der Waals surface area (Å²) < 4.78 is 7.66. The summed E-state index contributed by atoms with van der Waals surface area (Å²) in [6.07, 6.45) is 1.40. The van der Waals surface area contributed by atoms with Crippen LogP contribution in [0, 0.1) is 11.3 Å². The highest BCUT2D eigenvalue weighted by molar-refractivity contribution is 7.78. The summed E-state index contributed by atoms with van der Waals surface area (Å²) >= 11 is 3.78. The zero-order chi connectivity index (χ0) is 14.9. The third-order valence-corrected chi connectivity index (χ3v) is 4.58. The Kier molecular flexibility index (Phi) is 3.80. The molecule has 3 rings (SSSR count). The minimum Gasteiger partial charge on any atom is -0.445 e. The number of hydrogen-bond donors (Lipinski definition) is 2. The largest absolute Gasteiger partial charge is 0.445 e. The van der Waals surface area contributed by atoms with E-state index in [1.165, 1.54) is 0 Å². The van der Waals surface area contributed by atoms with Gasteiger partial charge in [-0.15, -0.1) is 0 Å². The van der Waals surface area contributed by atoms with Crippen molar-refractivity contribution in [2.45, 2.75) is 19.4 Å². The Hall–Kier alpha value is -1.69. The fourth-order valence-corrected chi connectivity index (χ4v) is 3.41. The summed E-state index contributed by atoms with van der Waals surface area (Å²) in [5.41, 5.74) is 1.12. The van der Waals surface area contributed by atoms with E-state index in [0.717, 1.165) is 18.4 Å². The third kappa shape index (κ3) is 2.85. The van der Waals surface area contributed by atoms with Gasteiger partial charge < -0.3 is 14.4 Å². The Morgan fingerprint density at radius 1 is 1.29 bits per heavy atom. The van der Waals surface area contributed by atoms with Crippen LogP contribution in [0.2, 0.25) is 0 Å². The van der Waals surface area contributed by atoms with Gasteiger partial charge in [0.1, 0.15) is 6.61 Å². The molecular weight excluding hydrogens is 288 g/mol. The SMILES string of the molecule is O=C(NS)C1CC2(C1)CN(C(=O)OCc1ccccc1)C2. The lowest BCUT2D eigenvalue weighted by Crippen LogP contribution is -2.65. The molecule has 1 N–H and O–H groups in total. The lowest BCUT2D eigenvalue weighted by molar-refractivity contribution is -0.139. The van der Waals surface area contributed by atoms with Crippen molar-refractivity contribution in [2.24, 2.45) is 11.3 Å². The fourth-order valence-electron chi connectivity index (χ4n) is 3.22. The van der Waals surface area contributed by atoms with Gasteiger partial charge in [0, 0.05) is 24.4 Å². The van der Waals surface area contributed by atoms with Crippen LogP contribution in [0.3, 0.4) is 0 Å². The zero-order valence-corrected chi connectivity index (χ0v) is 12.5. The number of carbonyl (C=O) groups excluding carboxylic acids is 2. The molecule has 0 radical (unpaired) electrons. The summed E-state index contributed by atoms with van der Waals surface area (Å²) in [5, 5.41) is 0. The molecule has 5 nitrogen and oxygen atoms in total. The van der Waals surface area contributed by atoms with Crippen molar-refractivity contribution < 1.29 is 14.3 Å². The lowest BCUT2D eigenvalue weighted by atomic mass is 9.57. The molecule has 2 fully saturated rings. The number of thiol groups is 1. The van der Waals surface area contributed by atoms with E-state index in [0.29, 0.717) is 19.7 Å². The van der Waals surface area contributed by atoms with Gasteiger partial charge in [0.05, 0.1) is 0 Å². The second-order valence-electron chi connectivity index (χ2n) is 5.98. The molecule has 21 heavy (non-hydrogen) atoms. The summed E-state index contributed by atoms with van der Waals surface area (Å²) in [7, 11) is 0. The molecule has 1 aliphatic heterocycles.